The van der Waals surface area contributed by atoms with Gasteiger partial charge in [0.2, 0.25) is 0 Å². The highest BCUT2D eigenvalue weighted by atomic mass is 35.5. The Kier molecular flexibility index (Phi) is 3.74. The fraction of sp³-hybridized carbons (Fsp3) is 0.0833. The largest absolute Gasteiger partial charge is 0.478 e. The van der Waals surface area contributed by atoms with Crippen molar-refractivity contribution in [2.45, 2.75) is 6.54 Å². The monoisotopic (exact) mass is 263 g/mol. The first kappa shape index (κ1) is 12.3. The minimum absolute atomic E-state index is 0.361. The molecule has 0 radical (unpaired) electrons. The van der Waals surface area contributed by atoms with Crippen LogP contribution >= 0.6 is 11.6 Å². The van der Waals surface area contributed by atoms with Gasteiger partial charge in [0, 0.05) is 16.7 Å². The van der Waals surface area contributed by atoms with Crippen LogP contribution in [-0.4, -0.2) is 25.8 Å². The van der Waals surface area contributed by atoms with Gasteiger partial charge in [-0.2, -0.15) is 5.10 Å². The zero-order chi connectivity index (χ0) is 13.0. The van der Waals surface area contributed by atoms with Crippen molar-refractivity contribution in [1.82, 2.24) is 14.8 Å². The maximum absolute atomic E-state index is 10.3. The fourth-order valence-corrected chi connectivity index (χ4v) is 1.59. The normalized spacial score (nSPS) is 10.9. The predicted octanol–water partition coefficient (Wildman–Crippen LogP) is 2.24. The van der Waals surface area contributed by atoms with E-state index in [2.05, 4.69) is 10.1 Å². The summed E-state index contributed by atoms with van der Waals surface area (Å²) in [6, 6.07) is 7.23. The number of nitrogens with zero attached hydrogens (tertiary/aromatic N) is 3. The summed E-state index contributed by atoms with van der Waals surface area (Å²) in [7, 11) is 0. The summed E-state index contributed by atoms with van der Waals surface area (Å²) in [6.07, 6.45) is 4.11. The molecular weight excluding hydrogens is 254 g/mol. The van der Waals surface area contributed by atoms with Crippen molar-refractivity contribution in [1.29, 1.82) is 0 Å². The third-order valence-corrected chi connectivity index (χ3v) is 2.41. The SMILES string of the molecule is O=C(O)C=CCn1cnc(-c2cccc(Cl)c2)n1. The molecule has 6 heteroatoms. The standard InChI is InChI=1S/C12H10ClN3O2/c13-10-4-1-3-9(7-10)12-14-8-16(15-12)6-2-5-11(17)18/h1-5,7-8H,6H2,(H,17,18). The molecule has 0 aliphatic carbocycles. The van der Waals surface area contributed by atoms with Gasteiger partial charge >= 0.3 is 5.97 Å². The van der Waals surface area contributed by atoms with E-state index in [1.165, 1.54) is 6.08 Å². The minimum atomic E-state index is -0.981. The van der Waals surface area contributed by atoms with Crippen LogP contribution in [0.3, 0.4) is 0 Å². The van der Waals surface area contributed by atoms with E-state index in [-0.39, 0.29) is 0 Å². The Hall–Kier alpha value is -2.14. The van der Waals surface area contributed by atoms with E-state index in [4.69, 9.17) is 16.7 Å². The molecule has 0 spiro atoms. The maximum Gasteiger partial charge on any atom is 0.328 e. The van der Waals surface area contributed by atoms with Gasteiger partial charge in [-0.3, -0.25) is 0 Å². The first-order valence-electron chi connectivity index (χ1n) is 5.20. The molecule has 0 saturated heterocycles. The molecule has 0 fully saturated rings. The summed E-state index contributed by atoms with van der Waals surface area (Å²) in [5.41, 5.74) is 0.823. The zero-order valence-electron chi connectivity index (χ0n) is 9.32. The van der Waals surface area contributed by atoms with E-state index >= 15 is 0 Å². The lowest BCUT2D eigenvalue weighted by atomic mass is 10.2. The molecular formula is C12H10ClN3O2. The van der Waals surface area contributed by atoms with E-state index in [1.807, 2.05) is 12.1 Å². The molecule has 1 N–H and O–H groups in total. The second kappa shape index (κ2) is 5.46. The Morgan fingerprint density at radius 2 is 2.33 bits per heavy atom. The summed E-state index contributed by atoms with van der Waals surface area (Å²) in [4.78, 5) is 14.4. The Labute approximate surface area is 108 Å². The number of hydrogen-bond donors (Lipinski definition) is 1. The van der Waals surface area contributed by atoms with E-state index in [1.54, 1.807) is 23.1 Å². The van der Waals surface area contributed by atoms with Gasteiger partial charge in [0.25, 0.3) is 0 Å². The highest BCUT2D eigenvalue weighted by Gasteiger charge is 2.03. The molecule has 2 rings (SSSR count). The van der Waals surface area contributed by atoms with Crippen molar-refractivity contribution < 1.29 is 9.90 Å². The molecule has 0 amide bonds. The van der Waals surface area contributed by atoms with E-state index in [9.17, 15) is 4.79 Å². The topological polar surface area (TPSA) is 68.0 Å². The molecule has 1 aromatic heterocycles. The number of rotatable bonds is 4. The number of carbonyl (C=O) groups is 1. The van der Waals surface area contributed by atoms with Crippen LogP contribution in [-0.2, 0) is 11.3 Å². The first-order valence-corrected chi connectivity index (χ1v) is 5.58. The Balaban J connectivity index is 2.13. The molecule has 0 aliphatic heterocycles. The van der Waals surface area contributed by atoms with Crippen molar-refractivity contribution in [3.8, 4) is 11.4 Å². The number of allylic oxidation sites excluding steroid dienone is 1. The second-order valence-electron chi connectivity index (χ2n) is 3.54. The van der Waals surface area contributed by atoms with Crippen molar-refractivity contribution in [3.05, 3.63) is 47.8 Å². The molecule has 0 unspecified atom stereocenters. The lowest BCUT2D eigenvalue weighted by Crippen LogP contribution is -1.97. The van der Waals surface area contributed by atoms with Crippen LogP contribution in [0.4, 0.5) is 0 Å². The van der Waals surface area contributed by atoms with Gasteiger partial charge in [-0.1, -0.05) is 29.8 Å². The number of benzene rings is 1. The molecule has 1 heterocycles. The van der Waals surface area contributed by atoms with Gasteiger partial charge in [0.1, 0.15) is 6.33 Å². The molecule has 5 nitrogen and oxygen atoms in total. The summed E-state index contributed by atoms with van der Waals surface area (Å²) < 4.78 is 1.55. The maximum atomic E-state index is 10.3. The van der Waals surface area contributed by atoms with Crippen LogP contribution in [0.15, 0.2) is 42.7 Å². The Bertz CT molecular complexity index is 593. The van der Waals surface area contributed by atoms with Gasteiger partial charge in [0.05, 0.1) is 6.54 Å². The summed E-state index contributed by atoms with van der Waals surface area (Å²) in [6.45, 7) is 0.361. The van der Waals surface area contributed by atoms with Crippen LogP contribution in [0.1, 0.15) is 0 Å². The number of aliphatic carboxylic acids is 1. The van der Waals surface area contributed by atoms with Gasteiger partial charge in [-0.15, -0.1) is 0 Å². The third-order valence-electron chi connectivity index (χ3n) is 2.17. The smallest absolute Gasteiger partial charge is 0.328 e. The Morgan fingerprint density at radius 3 is 3.06 bits per heavy atom. The average Bonchev–Trinajstić information content (AvgIpc) is 2.77. The van der Waals surface area contributed by atoms with Crippen LogP contribution in [0.5, 0.6) is 0 Å². The first-order chi connectivity index (χ1) is 8.65. The van der Waals surface area contributed by atoms with Crippen molar-refractivity contribution >= 4 is 17.6 Å². The highest BCUT2D eigenvalue weighted by molar-refractivity contribution is 6.30. The zero-order valence-corrected chi connectivity index (χ0v) is 10.1. The van der Waals surface area contributed by atoms with E-state index < -0.39 is 5.97 Å². The van der Waals surface area contributed by atoms with Gasteiger partial charge in [-0.25, -0.2) is 14.5 Å². The third kappa shape index (κ3) is 3.18. The molecule has 0 saturated carbocycles. The van der Waals surface area contributed by atoms with Crippen LogP contribution < -0.4 is 0 Å². The lowest BCUT2D eigenvalue weighted by molar-refractivity contribution is -0.131. The number of halogens is 1. The number of carboxylic acid groups (broad SMARTS) is 1. The average molecular weight is 264 g/mol. The van der Waals surface area contributed by atoms with Crippen LogP contribution in [0, 0.1) is 0 Å². The van der Waals surface area contributed by atoms with Crippen molar-refractivity contribution in [3.63, 3.8) is 0 Å². The summed E-state index contributed by atoms with van der Waals surface area (Å²) in [5, 5.41) is 13.3. The molecule has 0 atom stereocenters. The molecule has 0 aliphatic rings. The minimum Gasteiger partial charge on any atom is -0.478 e. The second-order valence-corrected chi connectivity index (χ2v) is 3.98. The predicted molar refractivity (Wildman–Crippen MR) is 67.2 cm³/mol. The molecule has 92 valence electrons. The van der Waals surface area contributed by atoms with Gasteiger partial charge < -0.3 is 5.11 Å². The molecule has 18 heavy (non-hydrogen) atoms. The summed E-state index contributed by atoms with van der Waals surface area (Å²) >= 11 is 5.88. The van der Waals surface area contributed by atoms with Crippen molar-refractivity contribution in [2.24, 2.45) is 0 Å². The number of aromatic nitrogens is 3. The fourth-order valence-electron chi connectivity index (χ4n) is 1.40. The Morgan fingerprint density at radius 1 is 1.50 bits per heavy atom. The van der Waals surface area contributed by atoms with Crippen molar-refractivity contribution in [2.75, 3.05) is 0 Å². The van der Waals surface area contributed by atoms with Crippen LogP contribution in [0.25, 0.3) is 11.4 Å². The number of hydrogen-bond acceptors (Lipinski definition) is 3. The molecule has 2 aromatic rings. The number of carboxylic acids is 1. The van der Waals surface area contributed by atoms with E-state index in [0.717, 1.165) is 11.6 Å². The molecule has 0 bridgehead atoms. The summed E-state index contributed by atoms with van der Waals surface area (Å²) in [5.74, 6) is -0.425. The van der Waals surface area contributed by atoms with Gasteiger partial charge in [0.15, 0.2) is 5.82 Å². The quantitative estimate of drug-likeness (QED) is 0.859. The van der Waals surface area contributed by atoms with E-state index in [0.29, 0.717) is 17.4 Å². The lowest BCUT2D eigenvalue weighted by Gasteiger charge is -1.96. The highest BCUT2D eigenvalue weighted by Crippen LogP contribution is 2.18. The van der Waals surface area contributed by atoms with Crippen LogP contribution in [0.2, 0.25) is 5.02 Å². The van der Waals surface area contributed by atoms with Gasteiger partial charge in [-0.05, 0) is 12.1 Å². The molecule has 1 aromatic carbocycles.